The molecule has 0 fully saturated rings. The zero-order valence-electron chi connectivity index (χ0n) is 22.4. The lowest BCUT2D eigenvalue weighted by atomic mass is 9.63. The molecule has 1 aliphatic rings. The maximum absolute atomic E-state index is 12.1. The number of methoxy groups -OCH3 is 1. The Balaban J connectivity index is 1.76. The first-order valence-corrected chi connectivity index (χ1v) is 12.8. The van der Waals surface area contributed by atoms with E-state index in [1.165, 1.54) is 29.5 Å². The fourth-order valence-electron chi connectivity index (χ4n) is 5.13. The molecule has 0 saturated heterocycles. The van der Waals surface area contributed by atoms with Crippen LogP contribution in [0.5, 0.6) is 0 Å². The van der Waals surface area contributed by atoms with E-state index in [0.29, 0.717) is 18.8 Å². The highest BCUT2D eigenvalue weighted by Gasteiger charge is 2.37. The lowest BCUT2D eigenvalue weighted by molar-refractivity contribution is -0.0390. The standard InChI is InChI=1S/C32H38O4/c1-7-36-30(33)24-10-8-23(9-11-24)26-16-22(20-35-21-34-6)17-27(18-26)25-12-13-28-29(19-25)32(4,5)15-14-31(28,2)3/h8-13,16-19H,7,14-15,20-21H2,1-6H3. The van der Waals surface area contributed by atoms with Crippen LogP contribution in [0.15, 0.2) is 60.7 Å². The van der Waals surface area contributed by atoms with Crippen LogP contribution in [0.1, 0.15) is 74.5 Å². The topological polar surface area (TPSA) is 44.8 Å². The number of rotatable bonds is 8. The number of carbonyl (C=O) groups is 1. The minimum absolute atomic E-state index is 0.145. The SMILES string of the molecule is CCOC(=O)c1ccc(-c2cc(COCOC)cc(-c3ccc4c(c3)C(C)(C)CCC4(C)C)c2)cc1. The van der Waals surface area contributed by atoms with Gasteiger partial charge in [0.1, 0.15) is 6.79 Å². The summed E-state index contributed by atoms with van der Waals surface area (Å²) in [5.41, 5.74) is 9.34. The Bertz CT molecular complexity index is 1220. The van der Waals surface area contributed by atoms with E-state index in [1.54, 1.807) is 7.11 Å². The molecule has 4 heteroatoms. The van der Waals surface area contributed by atoms with Gasteiger partial charge < -0.3 is 14.2 Å². The van der Waals surface area contributed by atoms with Gasteiger partial charge in [-0.1, -0.05) is 58.0 Å². The summed E-state index contributed by atoms with van der Waals surface area (Å²) in [6.07, 6.45) is 2.38. The Morgan fingerprint density at radius 1 is 0.778 bits per heavy atom. The van der Waals surface area contributed by atoms with E-state index in [9.17, 15) is 4.79 Å². The van der Waals surface area contributed by atoms with Crippen molar-refractivity contribution in [2.75, 3.05) is 20.5 Å². The number of ether oxygens (including phenoxy) is 3. The molecular formula is C32H38O4. The van der Waals surface area contributed by atoms with Crippen LogP contribution in [0, 0.1) is 0 Å². The Morgan fingerprint density at radius 3 is 2.03 bits per heavy atom. The molecule has 0 spiro atoms. The molecule has 0 atom stereocenters. The zero-order valence-corrected chi connectivity index (χ0v) is 22.4. The second-order valence-corrected chi connectivity index (χ2v) is 11.0. The van der Waals surface area contributed by atoms with E-state index in [4.69, 9.17) is 14.2 Å². The molecule has 36 heavy (non-hydrogen) atoms. The van der Waals surface area contributed by atoms with Crippen molar-refractivity contribution in [3.63, 3.8) is 0 Å². The largest absolute Gasteiger partial charge is 0.462 e. The van der Waals surface area contributed by atoms with Gasteiger partial charge in [-0.25, -0.2) is 4.79 Å². The highest BCUT2D eigenvalue weighted by molar-refractivity contribution is 5.90. The Morgan fingerprint density at radius 2 is 1.39 bits per heavy atom. The first kappa shape index (κ1) is 26.1. The van der Waals surface area contributed by atoms with Crippen molar-refractivity contribution >= 4 is 5.97 Å². The average Bonchev–Trinajstić information content (AvgIpc) is 2.87. The predicted octanol–water partition coefficient (Wildman–Crippen LogP) is 7.67. The summed E-state index contributed by atoms with van der Waals surface area (Å²) >= 11 is 0. The van der Waals surface area contributed by atoms with Gasteiger partial charge in [-0.05, 0) is 99.9 Å². The number of fused-ring (bicyclic) bond motifs is 1. The van der Waals surface area contributed by atoms with Crippen LogP contribution in [0.4, 0.5) is 0 Å². The number of hydrogen-bond donors (Lipinski definition) is 0. The second-order valence-electron chi connectivity index (χ2n) is 11.0. The lowest BCUT2D eigenvalue weighted by Gasteiger charge is -2.42. The highest BCUT2D eigenvalue weighted by atomic mass is 16.7. The maximum atomic E-state index is 12.1. The number of carbonyl (C=O) groups excluding carboxylic acids is 1. The van der Waals surface area contributed by atoms with Gasteiger partial charge in [0.2, 0.25) is 0 Å². The smallest absolute Gasteiger partial charge is 0.338 e. The van der Waals surface area contributed by atoms with E-state index in [2.05, 4.69) is 64.1 Å². The molecule has 0 amide bonds. The third-order valence-electron chi connectivity index (χ3n) is 7.38. The minimum Gasteiger partial charge on any atom is -0.462 e. The van der Waals surface area contributed by atoms with E-state index in [0.717, 1.165) is 22.3 Å². The Labute approximate surface area is 215 Å². The molecule has 0 unspecified atom stereocenters. The van der Waals surface area contributed by atoms with Gasteiger partial charge >= 0.3 is 5.97 Å². The molecule has 0 aliphatic heterocycles. The van der Waals surface area contributed by atoms with E-state index in [1.807, 2.05) is 31.2 Å². The minimum atomic E-state index is -0.300. The van der Waals surface area contributed by atoms with Crippen LogP contribution in [0.25, 0.3) is 22.3 Å². The first-order chi connectivity index (χ1) is 17.1. The second kappa shape index (κ2) is 10.6. The molecular weight excluding hydrogens is 448 g/mol. The van der Waals surface area contributed by atoms with Crippen LogP contribution >= 0.6 is 0 Å². The average molecular weight is 487 g/mol. The molecule has 3 aromatic rings. The molecule has 0 radical (unpaired) electrons. The van der Waals surface area contributed by atoms with E-state index < -0.39 is 0 Å². The molecule has 0 heterocycles. The Kier molecular flexibility index (Phi) is 7.67. The van der Waals surface area contributed by atoms with Gasteiger partial charge in [0.05, 0.1) is 18.8 Å². The predicted molar refractivity (Wildman–Crippen MR) is 145 cm³/mol. The molecule has 3 aromatic carbocycles. The van der Waals surface area contributed by atoms with Crippen LogP contribution in [-0.4, -0.2) is 26.5 Å². The van der Waals surface area contributed by atoms with Crippen LogP contribution in [-0.2, 0) is 31.6 Å². The van der Waals surface area contributed by atoms with Crippen molar-refractivity contribution in [1.82, 2.24) is 0 Å². The summed E-state index contributed by atoms with van der Waals surface area (Å²) < 4.78 is 15.9. The molecule has 0 aromatic heterocycles. The summed E-state index contributed by atoms with van der Waals surface area (Å²) in [7, 11) is 1.63. The normalized spacial score (nSPS) is 15.8. The number of esters is 1. The third kappa shape index (κ3) is 5.55. The number of hydrogen-bond acceptors (Lipinski definition) is 4. The molecule has 0 N–H and O–H groups in total. The fourth-order valence-corrected chi connectivity index (χ4v) is 5.13. The van der Waals surface area contributed by atoms with Crippen LogP contribution in [0.2, 0.25) is 0 Å². The van der Waals surface area contributed by atoms with Gasteiger partial charge in [-0.2, -0.15) is 0 Å². The Hall–Kier alpha value is -2.95. The zero-order chi connectivity index (χ0) is 25.9. The molecule has 4 rings (SSSR count). The monoisotopic (exact) mass is 486 g/mol. The summed E-state index contributed by atoms with van der Waals surface area (Å²) in [4.78, 5) is 12.1. The fraction of sp³-hybridized carbons (Fsp3) is 0.406. The van der Waals surface area contributed by atoms with Crippen molar-refractivity contribution in [2.45, 2.75) is 64.9 Å². The van der Waals surface area contributed by atoms with Crippen molar-refractivity contribution < 1.29 is 19.0 Å². The van der Waals surface area contributed by atoms with Crippen LogP contribution < -0.4 is 0 Å². The first-order valence-electron chi connectivity index (χ1n) is 12.8. The lowest BCUT2D eigenvalue weighted by Crippen LogP contribution is -2.33. The number of benzene rings is 3. The summed E-state index contributed by atoms with van der Waals surface area (Å²) in [6.45, 7) is 12.3. The van der Waals surface area contributed by atoms with Crippen molar-refractivity contribution in [3.05, 3.63) is 82.9 Å². The summed E-state index contributed by atoms with van der Waals surface area (Å²) in [5, 5.41) is 0. The third-order valence-corrected chi connectivity index (χ3v) is 7.38. The maximum Gasteiger partial charge on any atom is 0.338 e. The highest BCUT2D eigenvalue weighted by Crippen LogP contribution is 2.47. The van der Waals surface area contributed by atoms with Gasteiger partial charge in [0.25, 0.3) is 0 Å². The van der Waals surface area contributed by atoms with Gasteiger partial charge in [-0.3, -0.25) is 0 Å². The van der Waals surface area contributed by atoms with Crippen LogP contribution in [0.3, 0.4) is 0 Å². The van der Waals surface area contributed by atoms with Crippen molar-refractivity contribution in [3.8, 4) is 22.3 Å². The quantitative estimate of drug-likeness (QED) is 0.186. The van der Waals surface area contributed by atoms with Gasteiger partial charge in [0.15, 0.2) is 0 Å². The van der Waals surface area contributed by atoms with E-state index >= 15 is 0 Å². The molecule has 0 bridgehead atoms. The molecule has 1 aliphatic carbocycles. The van der Waals surface area contributed by atoms with Gasteiger partial charge in [-0.15, -0.1) is 0 Å². The summed E-state index contributed by atoms with van der Waals surface area (Å²) in [6, 6.07) is 21.1. The molecule has 190 valence electrons. The summed E-state index contributed by atoms with van der Waals surface area (Å²) in [5.74, 6) is -0.300. The van der Waals surface area contributed by atoms with E-state index in [-0.39, 0.29) is 23.6 Å². The van der Waals surface area contributed by atoms with Crippen molar-refractivity contribution in [2.24, 2.45) is 0 Å². The van der Waals surface area contributed by atoms with Gasteiger partial charge in [0, 0.05) is 7.11 Å². The molecule has 4 nitrogen and oxygen atoms in total. The van der Waals surface area contributed by atoms with Crippen molar-refractivity contribution in [1.29, 1.82) is 0 Å². The molecule has 0 saturated carbocycles.